The van der Waals surface area contributed by atoms with Crippen LogP contribution >= 0.6 is 0 Å². The molecule has 8 heteroatoms. The van der Waals surface area contributed by atoms with Gasteiger partial charge in [0.1, 0.15) is 22.8 Å². The normalized spacial score (nSPS) is 10.7. The molecule has 1 aromatic carbocycles. The summed E-state index contributed by atoms with van der Waals surface area (Å²) in [6, 6.07) is 6.64. The van der Waals surface area contributed by atoms with E-state index in [0.29, 0.717) is 5.76 Å². The SMILES string of the molecule is Cc1oc(CN(C)C(=O)c2ccc(OC(F)F)cc2)cc1C(=O)O. The van der Waals surface area contributed by atoms with Crippen LogP contribution in [0, 0.1) is 6.92 Å². The average molecular weight is 339 g/mol. The summed E-state index contributed by atoms with van der Waals surface area (Å²) in [6.07, 6.45) is 0. The lowest BCUT2D eigenvalue weighted by Gasteiger charge is -2.16. The predicted molar refractivity (Wildman–Crippen MR) is 79.3 cm³/mol. The number of amides is 1. The van der Waals surface area contributed by atoms with Crippen molar-refractivity contribution in [3.8, 4) is 5.75 Å². The van der Waals surface area contributed by atoms with Gasteiger partial charge in [-0.05, 0) is 37.3 Å². The van der Waals surface area contributed by atoms with Gasteiger partial charge in [-0.3, -0.25) is 4.79 Å². The Bertz CT molecular complexity index is 739. The maximum Gasteiger partial charge on any atom is 0.387 e. The van der Waals surface area contributed by atoms with Gasteiger partial charge in [-0.2, -0.15) is 8.78 Å². The number of halogens is 2. The molecule has 0 saturated heterocycles. The third kappa shape index (κ3) is 4.09. The predicted octanol–water partition coefficient (Wildman–Crippen LogP) is 3.16. The number of hydrogen-bond donors (Lipinski definition) is 1. The first-order valence-electron chi connectivity index (χ1n) is 6.91. The lowest BCUT2D eigenvalue weighted by Crippen LogP contribution is -2.25. The van der Waals surface area contributed by atoms with E-state index < -0.39 is 12.6 Å². The summed E-state index contributed by atoms with van der Waals surface area (Å²) in [7, 11) is 1.52. The molecule has 0 unspecified atom stereocenters. The minimum atomic E-state index is -2.93. The van der Waals surface area contributed by atoms with E-state index in [9.17, 15) is 18.4 Å². The molecular formula is C16H15F2NO5. The number of benzene rings is 1. The van der Waals surface area contributed by atoms with Crippen molar-refractivity contribution < 1.29 is 32.6 Å². The molecule has 2 aromatic rings. The topological polar surface area (TPSA) is 80.0 Å². The number of carbonyl (C=O) groups is 2. The van der Waals surface area contributed by atoms with E-state index in [1.807, 2.05) is 0 Å². The van der Waals surface area contributed by atoms with Crippen LogP contribution in [-0.2, 0) is 6.54 Å². The Morgan fingerprint density at radius 1 is 1.29 bits per heavy atom. The van der Waals surface area contributed by atoms with Crippen LogP contribution in [0.25, 0.3) is 0 Å². The van der Waals surface area contributed by atoms with Crippen LogP contribution in [0.1, 0.15) is 32.2 Å². The van der Waals surface area contributed by atoms with Gasteiger partial charge < -0.3 is 19.2 Å². The van der Waals surface area contributed by atoms with Gasteiger partial charge in [-0.1, -0.05) is 0 Å². The van der Waals surface area contributed by atoms with E-state index in [0.717, 1.165) is 0 Å². The summed E-state index contributed by atoms with van der Waals surface area (Å²) in [6.45, 7) is -1.33. The zero-order valence-corrected chi connectivity index (χ0v) is 13.0. The van der Waals surface area contributed by atoms with Crippen LogP contribution < -0.4 is 4.74 Å². The Balaban J connectivity index is 2.06. The Morgan fingerprint density at radius 2 is 1.92 bits per heavy atom. The van der Waals surface area contributed by atoms with Gasteiger partial charge >= 0.3 is 12.6 Å². The fourth-order valence-corrected chi connectivity index (χ4v) is 2.14. The summed E-state index contributed by atoms with van der Waals surface area (Å²) in [4.78, 5) is 24.6. The second kappa shape index (κ2) is 7.12. The highest BCUT2D eigenvalue weighted by Crippen LogP contribution is 2.19. The summed E-state index contributed by atoms with van der Waals surface area (Å²) in [5.74, 6) is -0.933. The van der Waals surface area contributed by atoms with Crippen molar-refractivity contribution in [3.63, 3.8) is 0 Å². The number of carbonyl (C=O) groups excluding carboxylic acids is 1. The molecule has 6 nitrogen and oxygen atoms in total. The molecule has 0 fully saturated rings. The van der Waals surface area contributed by atoms with E-state index in [1.165, 1.54) is 49.2 Å². The van der Waals surface area contributed by atoms with Crippen molar-refractivity contribution in [1.29, 1.82) is 0 Å². The first-order valence-corrected chi connectivity index (χ1v) is 6.91. The molecule has 0 saturated carbocycles. The number of hydrogen-bond acceptors (Lipinski definition) is 4. The molecule has 1 heterocycles. The van der Waals surface area contributed by atoms with Crippen molar-refractivity contribution >= 4 is 11.9 Å². The number of aryl methyl sites for hydroxylation is 1. The summed E-state index contributed by atoms with van der Waals surface area (Å²) in [5, 5.41) is 8.98. The molecule has 0 spiro atoms. The third-order valence-electron chi connectivity index (χ3n) is 3.27. The monoisotopic (exact) mass is 339 g/mol. The van der Waals surface area contributed by atoms with Crippen molar-refractivity contribution in [2.45, 2.75) is 20.1 Å². The molecule has 1 amide bonds. The van der Waals surface area contributed by atoms with Gasteiger partial charge in [0, 0.05) is 12.6 Å². The minimum Gasteiger partial charge on any atom is -0.478 e. The first-order chi connectivity index (χ1) is 11.3. The van der Waals surface area contributed by atoms with E-state index in [1.54, 1.807) is 0 Å². The number of rotatable bonds is 6. The molecule has 128 valence electrons. The number of furan rings is 1. The number of nitrogens with zero attached hydrogens (tertiary/aromatic N) is 1. The minimum absolute atomic E-state index is 0.0411. The zero-order valence-electron chi connectivity index (χ0n) is 13.0. The highest BCUT2D eigenvalue weighted by Gasteiger charge is 2.18. The molecular weight excluding hydrogens is 324 g/mol. The smallest absolute Gasteiger partial charge is 0.387 e. The Labute approximate surface area is 136 Å². The lowest BCUT2D eigenvalue weighted by atomic mass is 10.2. The van der Waals surface area contributed by atoms with E-state index in [-0.39, 0.29) is 35.1 Å². The van der Waals surface area contributed by atoms with Crippen molar-refractivity contribution in [1.82, 2.24) is 4.90 Å². The van der Waals surface area contributed by atoms with Crippen LogP contribution in [0.15, 0.2) is 34.7 Å². The molecule has 0 radical (unpaired) electrons. The maximum atomic E-state index is 12.3. The quantitative estimate of drug-likeness (QED) is 0.874. The molecule has 0 aliphatic rings. The van der Waals surface area contributed by atoms with Crippen molar-refractivity contribution in [2.24, 2.45) is 0 Å². The van der Waals surface area contributed by atoms with Crippen molar-refractivity contribution in [3.05, 3.63) is 53.0 Å². The fraction of sp³-hybridized carbons (Fsp3) is 0.250. The average Bonchev–Trinajstić information content (AvgIpc) is 2.87. The Kier molecular flexibility index (Phi) is 5.18. The molecule has 0 aliphatic heterocycles. The van der Waals surface area contributed by atoms with Crippen LogP contribution in [0.5, 0.6) is 5.75 Å². The van der Waals surface area contributed by atoms with Gasteiger partial charge in [0.15, 0.2) is 0 Å². The molecule has 0 atom stereocenters. The van der Waals surface area contributed by atoms with Gasteiger partial charge in [0.25, 0.3) is 5.91 Å². The Hall–Kier alpha value is -2.90. The van der Waals surface area contributed by atoms with Gasteiger partial charge in [-0.15, -0.1) is 0 Å². The summed E-state index contributed by atoms with van der Waals surface area (Å²) < 4.78 is 33.7. The second-order valence-electron chi connectivity index (χ2n) is 5.05. The molecule has 1 aromatic heterocycles. The van der Waals surface area contributed by atoms with Gasteiger partial charge in [0.2, 0.25) is 0 Å². The summed E-state index contributed by atoms with van der Waals surface area (Å²) >= 11 is 0. The van der Waals surface area contributed by atoms with Crippen LogP contribution in [0.3, 0.4) is 0 Å². The number of aromatic carboxylic acids is 1. The molecule has 1 N–H and O–H groups in total. The molecule has 0 bridgehead atoms. The largest absolute Gasteiger partial charge is 0.478 e. The lowest BCUT2D eigenvalue weighted by molar-refractivity contribution is -0.0498. The number of alkyl halides is 2. The zero-order chi connectivity index (χ0) is 17.9. The number of carboxylic acid groups (broad SMARTS) is 1. The van der Waals surface area contributed by atoms with Crippen LogP contribution in [-0.4, -0.2) is 35.5 Å². The number of carboxylic acids is 1. The number of ether oxygens (including phenoxy) is 1. The van der Waals surface area contributed by atoms with Gasteiger partial charge in [-0.25, -0.2) is 4.79 Å². The van der Waals surface area contributed by atoms with Gasteiger partial charge in [0.05, 0.1) is 6.54 Å². The van der Waals surface area contributed by atoms with E-state index >= 15 is 0 Å². The fourth-order valence-electron chi connectivity index (χ4n) is 2.14. The molecule has 0 aliphatic carbocycles. The highest BCUT2D eigenvalue weighted by atomic mass is 19.3. The van der Waals surface area contributed by atoms with Crippen LogP contribution in [0.4, 0.5) is 8.78 Å². The first kappa shape index (κ1) is 17.5. The standard InChI is InChI=1S/C16H15F2NO5/c1-9-13(15(21)22)7-12(23-9)8-19(2)14(20)10-3-5-11(6-4-10)24-16(17)18/h3-7,16H,8H2,1-2H3,(H,21,22). The Morgan fingerprint density at radius 3 is 2.42 bits per heavy atom. The molecule has 2 rings (SSSR count). The molecule has 24 heavy (non-hydrogen) atoms. The third-order valence-corrected chi connectivity index (χ3v) is 3.27. The second-order valence-corrected chi connectivity index (χ2v) is 5.05. The highest BCUT2D eigenvalue weighted by molar-refractivity contribution is 5.94. The van der Waals surface area contributed by atoms with Crippen molar-refractivity contribution in [2.75, 3.05) is 7.05 Å². The van der Waals surface area contributed by atoms with Crippen LogP contribution in [0.2, 0.25) is 0 Å². The van der Waals surface area contributed by atoms with E-state index in [2.05, 4.69) is 4.74 Å². The maximum absolute atomic E-state index is 12.3. The summed E-state index contributed by atoms with van der Waals surface area (Å²) in [5.41, 5.74) is 0.320. The van der Waals surface area contributed by atoms with E-state index in [4.69, 9.17) is 9.52 Å².